The Hall–Kier alpha value is -2.39. The quantitative estimate of drug-likeness (QED) is 0.703. The number of aromatic nitrogens is 2. The van der Waals surface area contributed by atoms with Crippen LogP contribution in [0.15, 0.2) is 46.8 Å². The molecule has 9 heteroatoms. The maximum absolute atomic E-state index is 11.8. The van der Waals surface area contributed by atoms with Crippen LogP contribution in [0.2, 0.25) is 0 Å². The highest BCUT2D eigenvalue weighted by atomic mass is 32.2. The van der Waals surface area contributed by atoms with Crippen LogP contribution in [0.25, 0.3) is 10.9 Å². The number of rotatable bonds is 4. The average Bonchev–Trinajstić information content (AvgIpc) is 3.03. The number of benzene rings is 1. The lowest BCUT2D eigenvalue weighted by atomic mass is 10.1. The highest BCUT2D eigenvalue weighted by Crippen LogP contribution is 2.26. The van der Waals surface area contributed by atoms with E-state index in [1.165, 1.54) is 6.26 Å². The molecule has 0 saturated heterocycles. The number of fused-ring (bicyclic) bond motifs is 1. The fraction of sp³-hybridized carbons (Fsp3) is 0.250. The third-order valence-corrected chi connectivity index (χ3v) is 5.39. The third-order valence-electron chi connectivity index (χ3n) is 3.91. The number of nitrogens with zero attached hydrogens (tertiary/aromatic N) is 1. The van der Waals surface area contributed by atoms with Gasteiger partial charge in [0.1, 0.15) is 5.76 Å². The summed E-state index contributed by atoms with van der Waals surface area (Å²) in [7, 11) is -1.70. The largest absolute Gasteiger partial charge is 0.499 e. The fourth-order valence-corrected chi connectivity index (χ4v) is 3.67. The normalized spacial score (nSPS) is 15.0. The number of hydrogen-bond donors (Lipinski definition) is 3. The summed E-state index contributed by atoms with van der Waals surface area (Å²) in [6.45, 7) is 0. The van der Waals surface area contributed by atoms with Gasteiger partial charge >= 0.3 is 0 Å². The maximum atomic E-state index is 11.8. The van der Waals surface area contributed by atoms with Gasteiger partial charge in [0.2, 0.25) is 0 Å². The van der Waals surface area contributed by atoms with E-state index < -0.39 is 9.84 Å². The first-order chi connectivity index (χ1) is 11.9. The summed E-state index contributed by atoms with van der Waals surface area (Å²) >= 11 is 5.37. The Labute approximate surface area is 151 Å². The Bertz CT molecular complexity index is 990. The summed E-state index contributed by atoms with van der Waals surface area (Å²) in [6.07, 6.45) is 5.40. The standard InChI is InChI=1S/C16H18N4O3S2/c1-23-15-7-6-10(25(2,21)22)8-14(15)19-16(24)18-12-4-3-5-13-11(12)9-17-20-13/h3-5,8-9H,6-7H2,1-2H3,(H,17,20)(H2,18,19,24). The number of nitrogens with one attached hydrogen (secondary N) is 3. The van der Waals surface area contributed by atoms with E-state index in [1.54, 1.807) is 19.4 Å². The molecule has 1 heterocycles. The van der Waals surface area contributed by atoms with Gasteiger partial charge in [0, 0.05) is 23.0 Å². The molecule has 1 aromatic heterocycles. The molecule has 1 aromatic carbocycles. The summed E-state index contributed by atoms with van der Waals surface area (Å²) in [6, 6.07) is 5.68. The second-order valence-corrected chi connectivity index (χ2v) is 8.12. The van der Waals surface area contributed by atoms with Gasteiger partial charge in [-0.3, -0.25) is 5.10 Å². The van der Waals surface area contributed by atoms with Crippen LogP contribution >= 0.6 is 12.2 Å². The molecular formula is C16H18N4O3S2. The van der Waals surface area contributed by atoms with Crippen LogP contribution in [0, 0.1) is 0 Å². The molecule has 0 spiro atoms. The minimum absolute atomic E-state index is 0.337. The molecule has 0 bridgehead atoms. The number of anilines is 1. The summed E-state index contributed by atoms with van der Waals surface area (Å²) < 4.78 is 29.0. The SMILES string of the molecule is COC1=C(NC(=S)Nc2cccc3[nH]ncc23)C=C(S(C)(=O)=O)CC1. The molecule has 0 saturated carbocycles. The minimum Gasteiger partial charge on any atom is -0.499 e. The molecule has 1 aliphatic carbocycles. The zero-order valence-corrected chi connectivity index (χ0v) is 15.4. The zero-order chi connectivity index (χ0) is 18.0. The van der Waals surface area contributed by atoms with E-state index in [2.05, 4.69) is 20.8 Å². The number of methoxy groups -OCH3 is 1. The predicted octanol–water partition coefficient (Wildman–Crippen LogP) is 2.43. The zero-order valence-electron chi connectivity index (χ0n) is 13.8. The molecule has 7 nitrogen and oxygen atoms in total. The Balaban J connectivity index is 1.82. The Morgan fingerprint density at radius 1 is 1.32 bits per heavy atom. The molecule has 0 amide bonds. The molecule has 25 heavy (non-hydrogen) atoms. The van der Waals surface area contributed by atoms with Gasteiger partial charge in [0.15, 0.2) is 14.9 Å². The molecule has 0 atom stereocenters. The van der Waals surface area contributed by atoms with E-state index in [0.717, 1.165) is 16.6 Å². The molecule has 0 fully saturated rings. The van der Waals surface area contributed by atoms with Gasteiger partial charge in [-0.25, -0.2) is 8.42 Å². The van der Waals surface area contributed by atoms with Crippen LogP contribution in [0.5, 0.6) is 0 Å². The molecule has 0 unspecified atom stereocenters. The van der Waals surface area contributed by atoms with E-state index in [4.69, 9.17) is 17.0 Å². The lowest BCUT2D eigenvalue weighted by Gasteiger charge is -2.20. The summed E-state index contributed by atoms with van der Waals surface area (Å²) in [4.78, 5) is 0.357. The van der Waals surface area contributed by atoms with Crippen molar-refractivity contribution in [1.29, 1.82) is 0 Å². The lowest BCUT2D eigenvalue weighted by Crippen LogP contribution is -2.29. The van der Waals surface area contributed by atoms with Crippen LogP contribution in [-0.2, 0) is 14.6 Å². The smallest absolute Gasteiger partial charge is 0.175 e. The number of ether oxygens (including phenoxy) is 1. The summed E-state index contributed by atoms with van der Waals surface area (Å²) in [5.74, 6) is 0.665. The van der Waals surface area contributed by atoms with Crippen molar-refractivity contribution in [3.8, 4) is 0 Å². The van der Waals surface area contributed by atoms with Gasteiger partial charge in [0.05, 0.1) is 30.2 Å². The highest BCUT2D eigenvalue weighted by molar-refractivity contribution is 7.94. The third kappa shape index (κ3) is 3.83. The van der Waals surface area contributed by atoms with Gasteiger partial charge < -0.3 is 15.4 Å². The molecular weight excluding hydrogens is 360 g/mol. The van der Waals surface area contributed by atoms with Crippen LogP contribution in [0.1, 0.15) is 12.8 Å². The van der Waals surface area contributed by atoms with Crippen LogP contribution in [0.4, 0.5) is 5.69 Å². The van der Waals surface area contributed by atoms with E-state index in [1.807, 2.05) is 18.2 Å². The van der Waals surface area contributed by atoms with Crippen molar-refractivity contribution in [1.82, 2.24) is 15.5 Å². The average molecular weight is 378 g/mol. The van der Waals surface area contributed by atoms with E-state index >= 15 is 0 Å². The first-order valence-electron chi connectivity index (χ1n) is 7.56. The van der Waals surface area contributed by atoms with Crippen molar-refractivity contribution < 1.29 is 13.2 Å². The van der Waals surface area contributed by atoms with E-state index in [-0.39, 0.29) is 0 Å². The molecule has 0 aliphatic heterocycles. The van der Waals surface area contributed by atoms with Gasteiger partial charge in [-0.15, -0.1) is 0 Å². The van der Waals surface area contributed by atoms with Gasteiger partial charge in [-0.1, -0.05) is 6.07 Å². The van der Waals surface area contributed by atoms with Crippen molar-refractivity contribution >= 4 is 43.8 Å². The first-order valence-corrected chi connectivity index (χ1v) is 9.86. The Kier molecular flexibility index (Phi) is 4.78. The predicted molar refractivity (Wildman–Crippen MR) is 102 cm³/mol. The van der Waals surface area contributed by atoms with E-state index in [9.17, 15) is 8.42 Å². The number of aromatic amines is 1. The van der Waals surface area contributed by atoms with Gasteiger partial charge in [0.25, 0.3) is 0 Å². The molecule has 2 aromatic rings. The van der Waals surface area contributed by atoms with Crippen molar-refractivity contribution in [2.75, 3.05) is 18.7 Å². The van der Waals surface area contributed by atoms with Gasteiger partial charge in [-0.05, 0) is 36.8 Å². The van der Waals surface area contributed by atoms with Crippen molar-refractivity contribution in [2.45, 2.75) is 12.8 Å². The number of hydrogen-bond acceptors (Lipinski definition) is 5. The molecule has 3 rings (SSSR count). The van der Waals surface area contributed by atoms with Gasteiger partial charge in [-0.2, -0.15) is 5.10 Å². The fourth-order valence-electron chi connectivity index (χ4n) is 2.65. The number of allylic oxidation sites excluding steroid dienone is 3. The van der Waals surface area contributed by atoms with Crippen LogP contribution in [-0.4, -0.2) is 37.1 Å². The van der Waals surface area contributed by atoms with Crippen molar-refractivity contribution in [2.24, 2.45) is 0 Å². The topological polar surface area (TPSA) is 96.1 Å². The van der Waals surface area contributed by atoms with Crippen molar-refractivity contribution in [3.05, 3.63) is 46.8 Å². The Morgan fingerprint density at radius 3 is 2.84 bits per heavy atom. The molecule has 1 aliphatic rings. The molecule has 132 valence electrons. The molecule has 3 N–H and O–H groups in total. The Morgan fingerprint density at radius 2 is 2.12 bits per heavy atom. The van der Waals surface area contributed by atoms with Crippen molar-refractivity contribution in [3.63, 3.8) is 0 Å². The number of thiocarbonyl (C=S) groups is 1. The van der Waals surface area contributed by atoms with E-state index in [0.29, 0.717) is 34.3 Å². The second-order valence-electron chi connectivity index (χ2n) is 5.64. The maximum Gasteiger partial charge on any atom is 0.175 e. The summed E-state index contributed by atoms with van der Waals surface area (Å²) in [5.41, 5.74) is 2.24. The number of H-pyrrole nitrogens is 1. The first kappa shape index (κ1) is 17.4. The monoisotopic (exact) mass is 378 g/mol. The molecule has 0 radical (unpaired) electrons. The summed E-state index contributed by atoms with van der Waals surface area (Å²) in [5, 5.41) is 14.3. The minimum atomic E-state index is -3.25. The number of sulfone groups is 1. The second kappa shape index (κ2) is 6.85. The van der Waals surface area contributed by atoms with Crippen LogP contribution < -0.4 is 10.6 Å². The highest BCUT2D eigenvalue weighted by Gasteiger charge is 2.21. The lowest BCUT2D eigenvalue weighted by molar-refractivity contribution is 0.270. The van der Waals surface area contributed by atoms with Crippen LogP contribution in [0.3, 0.4) is 0 Å².